The quantitative estimate of drug-likeness (QED) is 0.905. The van der Waals surface area contributed by atoms with Crippen LogP contribution < -0.4 is 5.32 Å². The van der Waals surface area contributed by atoms with Crippen LogP contribution in [0.1, 0.15) is 24.9 Å². The van der Waals surface area contributed by atoms with Gasteiger partial charge in [0, 0.05) is 20.1 Å². The smallest absolute Gasteiger partial charge is 0.317 e. The van der Waals surface area contributed by atoms with Crippen molar-refractivity contribution in [3.05, 3.63) is 33.8 Å². The van der Waals surface area contributed by atoms with Crippen LogP contribution >= 0.6 is 23.2 Å². The van der Waals surface area contributed by atoms with Crippen molar-refractivity contribution in [2.75, 3.05) is 33.7 Å². The molecule has 1 N–H and O–H groups in total. The first-order valence-corrected chi connectivity index (χ1v) is 8.27. The minimum Gasteiger partial charge on any atom is -0.331 e. The molecule has 0 bridgehead atoms. The Bertz CT molecular complexity index is 538. The standard InChI is InChI=1S/C16H23Cl2N3O/c1-11(13-4-5-14(17)15(18)8-13)19-16(22)21(3)10-12-6-7-20(2)9-12/h4-5,8,11-12H,6-7,9-10H2,1-3H3,(H,19,22). The van der Waals surface area contributed by atoms with Crippen LogP contribution in [-0.4, -0.2) is 49.6 Å². The predicted octanol–water partition coefficient (Wildman–Crippen LogP) is 3.65. The van der Waals surface area contributed by atoms with Gasteiger partial charge in [-0.3, -0.25) is 0 Å². The molecule has 2 rings (SSSR count). The minimum atomic E-state index is -0.115. The van der Waals surface area contributed by atoms with Gasteiger partial charge in [0.05, 0.1) is 16.1 Å². The highest BCUT2D eigenvalue weighted by Crippen LogP contribution is 2.25. The van der Waals surface area contributed by atoms with Crippen LogP contribution in [0, 0.1) is 5.92 Å². The molecule has 1 aliphatic rings. The number of likely N-dealkylation sites (tertiary alicyclic amines) is 1. The third-order valence-corrected chi connectivity index (χ3v) is 4.89. The maximum absolute atomic E-state index is 12.3. The molecule has 2 unspecified atom stereocenters. The van der Waals surface area contributed by atoms with E-state index in [0.717, 1.165) is 31.6 Å². The molecule has 6 heteroatoms. The lowest BCUT2D eigenvalue weighted by Crippen LogP contribution is -2.41. The van der Waals surface area contributed by atoms with E-state index in [4.69, 9.17) is 23.2 Å². The Morgan fingerprint density at radius 3 is 2.77 bits per heavy atom. The largest absolute Gasteiger partial charge is 0.331 e. The molecule has 0 saturated carbocycles. The van der Waals surface area contributed by atoms with Gasteiger partial charge in [-0.2, -0.15) is 0 Å². The van der Waals surface area contributed by atoms with Gasteiger partial charge in [-0.1, -0.05) is 29.3 Å². The Kier molecular flexibility index (Phi) is 5.95. The van der Waals surface area contributed by atoms with Crippen LogP contribution in [0.5, 0.6) is 0 Å². The van der Waals surface area contributed by atoms with Gasteiger partial charge in [-0.25, -0.2) is 4.79 Å². The van der Waals surface area contributed by atoms with Gasteiger partial charge in [-0.15, -0.1) is 0 Å². The van der Waals surface area contributed by atoms with Crippen LogP contribution in [0.25, 0.3) is 0 Å². The van der Waals surface area contributed by atoms with Crippen molar-refractivity contribution in [1.29, 1.82) is 0 Å². The number of nitrogens with one attached hydrogen (secondary N) is 1. The fraction of sp³-hybridized carbons (Fsp3) is 0.562. The van der Waals surface area contributed by atoms with Crippen molar-refractivity contribution in [2.24, 2.45) is 5.92 Å². The number of carbonyl (C=O) groups excluding carboxylic acids is 1. The molecule has 4 nitrogen and oxygen atoms in total. The van der Waals surface area contributed by atoms with Crippen LogP contribution in [0.3, 0.4) is 0 Å². The Labute approximate surface area is 142 Å². The molecular formula is C16H23Cl2N3O. The second-order valence-electron chi connectivity index (χ2n) is 6.14. The second-order valence-corrected chi connectivity index (χ2v) is 6.96. The van der Waals surface area contributed by atoms with Crippen molar-refractivity contribution in [2.45, 2.75) is 19.4 Å². The van der Waals surface area contributed by atoms with Gasteiger partial charge < -0.3 is 15.1 Å². The molecule has 1 aliphatic heterocycles. The Balaban J connectivity index is 1.88. The number of halogens is 2. The molecule has 2 atom stereocenters. The fourth-order valence-electron chi connectivity index (χ4n) is 2.81. The molecule has 1 fully saturated rings. The summed E-state index contributed by atoms with van der Waals surface area (Å²) in [5.74, 6) is 0.557. The number of urea groups is 1. The van der Waals surface area contributed by atoms with Crippen LogP contribution in [-0.2, 0) is 0 Å². The highest BCUT2D eigenvalue weighted by molar-refractivity contribution is 6.42. The third-order valence-electron chi connectivity index (χ3n) is 4.15. The normalized spacial score (nSPS) is 20.0. The molecule has 2 amide bonds. The summed E-state index contributed by atoms with van der Waals surface area (Å²) < 4.78 is 0. The number of nitrogens with zero attached hydrogens (tertiary/aromatic N) is 2. The monoisotopic (exact) mass is 343 g/mol. The lowest BCUT2D eigenvalue weighted by atomic mass is 10.1. The molecule has 1 aromatic rings. The van der Waals surface area contributed by atoms with Crippen molar-refractivity contribution in [3.63, 3.8) is 0 Å². The Hall–Kier alpha value is -0.970. The summed E-state index contributed by atoms with van der Waals surface area (Å²) >= 11 is 11.9. The maximum Gasteiger partial charge on any atom is 0.317 e. The Morgan fingerprint density at radius 1 is 1.45 bits per heavy atom. The van der Waals surface area contributed by atoms with Crippen LogP contribution in [0.2, 0.25) is 10.0 Å². The van der Waals surface area contributed by atoms with Gasteiger partial charge in [0.25, 0.3) is 0 Å². The van der Waals surface area contributed by atoms with Crippen LogP contribution in [0.15, 0.2) is 18.2 Å². The summed E-state index contributed by atoms with van der Waals surface area (Å²) in [6.45, 7) is 4.89. The van der Waals surface area contributed by atoms with Crippen molar-refractivity contribution < 1.29 is 4.79 Å². The second kappa shape index (κ2) is 7.53. The van der Waals surface area contributed by atoms with Gasteiger partial charge in [0.1, 0.15) is 0 Å². The first kappa shape index (κ1) is 17.4. The van der Waals surface area contributed by atoms with E-state index >= 15 is 0 Å². The molecule has 0 aromatic heterocycles. The molecule has 1 aromatic carbocycles. The van der Waals surface area contributed by atoms with E-state index in [1.54, 1.807) is 17.0 Å². The van der Waals surface area contributed by atoms with E-state index in [1.165, 1.54) is 0 Å². The van der Waals surface area contributed by atoms with E-state index in [0.29, 0.717) is 16.0 Å². The number of rotatable bonds is 4. The molecule has 122 valence electrons. The van der Waals surface area contributed by atoms with Crippen molar-refractivity contribution in [3.8, 4) is 0 Å². The zero-order valence-electron chi connectivity index (χ0n) is 13.3. The van der Waals surface area contributed by atoms with E-state index in [-0.39, 0.29) is 12.1 Å². The summed E-state index contributed by atoms with van der Waals surface area (Å²) in [6, 6.07) is 5.25. The number of benzene rings is 1. The number of carbonyl (C=O) groups is 1. The zero-order chi connectivity index (χ0) is 16.3. The van der Waals surface area contributed by atoms with Crippen molar-refractivity contribution in [1.82, 2.24) is 15.1 Å². The minimum absolute atomic E-state index is 0.0619. The van der Waals surface area contributed by atoms with Gasteiger partial charge >= 0.3 is 6.03 Å². The molecule has 1 saturated heterocycles. The molecule has 0 radical (unpaired) electrons. The average Bonchev–Trinajstić information content (AvgIpc) is 2.86. The first-order valence-electron chi connectivity index (χ1n) is 7.52. The lowest BCUT2D eigenvalue weighted by Gasteiger charge is -2.24. The summed E-state index contributed by atoms with van der Waals surface area (Å²) in [4.78, 5) is 16.4. The van der Waals surface area contributed by atoms with Crippen molar-refractivity contribution >= 4 is 29.2 Å². The fourth-order valence-corrected chi connectivity index (χ4v) is 3.11. The zero-order valence-corrected chi connectivity index (χ0v) is 14.8. The summed E-state index contributed by atoms with van der Waals surface area (Å²) in [5, 5.41) is 4.02. The highest BCUT2D eigenvalue weighted by atomic mass is 35.5. The van der Waals surface area contributed by atoms with Gasteiger partial charge in [0.15, 0.2) is 0 Å². The van der Waals surface area contributed by atoms with E-state index in [1.807, 2.05) is 20.0 Å². The van der Waals surface area contributed by atoms with Crippen LogP contribution in [0.4, 0.5) is 4.79 Å². The van der Waals surface area contributed by atoms with E-state index in [9.17, 15) is 4.79 Å². The molecular weight excluding hydrogens is 321 g/mol. The topological polar surface area (TPSA) is 35.6 Å². The first-order chi connectivity index (χ1) is 10.4. The van der Waals surface area contributed by atoms with E-state index in [2.05, 4.69) is 17.3 Å². The van der Waals surface area contributed by atoms with Gasteiger partial charge in [-0.05, 0) is 50.6 Å². The predicted molar refractivity (Wildman–Crippen MR) is 91.6 cm³/mol. The summed E-state index contributed by atoms with van der Waals surface area (Å²) in [6.07, 6.45) is 1.15. The Morgan fingerprint density at radius 2 is 2.18 bits per heavy atom. The molecule has 1 heterocycles. The molecule has 0 aliphatic carbocycles. The number of hydrogen-bond acceptors (Lipinski definition) is 2. The van der Waals surface area contributed by atoms with Gasteiger partial charge in [0.2, 0.25) is 0 Å². The maximum atomic E-state index is 12.3. The number of hydrogen-bond donors (Lipinski definition) is 1. The summed E-state index contributed by atoms with van der Waals surface area (Å²) in [7, 11) is 3.96. The average molecular weight is 344 g/mol. The lowest BCUT2D eigenvalue weighted by molar-refractivity contribution is 0.197. The molecule has 0 spiro atoms. The number of amides is 2. The van der Waals surface area contributed by atoms with E-state index < -0.39 is 0 Å². The summed E-state index contributed by atoms with van der Waals surface area (Å²) in [5.41, 5.74) is 0.941. The highest BCUT2D eigenvalue weighted by Gasteiger charge is 2.23. The third kappa shape index (κ3) is 4.51. The SMILES string of the molecule is CC(NC(=O)N(C)CC1CCN(C)C1)c1ccc(Cl)c(Cl)c1. The molecule has 22 heavy (non-hydrogen) atoms.